The number of piperidine rings is 1. The number of nitrogens with zero attached hydrogens (tertiary/aromatic N) is 1. The Morgan fingerprint density at radius 3 is 2.06 bits per heavy atom. The van der Waals surface area contributed by atoms with Gasteiger partial charge in [-0.25, -0.2) is 0 Å². The zero-order chi connectivity index (χ0) is 12.2. The van der Waals surface area contributed by atoms with Gasteiger partial charge in [0.1, 0.15) is 6.29 Å². The first-order valence-electron chi connectivity index (χ1n) is 6.74. The molecule has 1 aliphatic heterocycles. The number of aldehydes is 1. The summed E-state index contributed by atoms with van der Waals surface area (Å²) in [4.78, 5) is 13.8. The highest BCUT2D eigenvalue weighted by molar-refractivity contribution is 5.59. The first-order chi connectivity index (χ1) is 7.55. The third kappa shape index (κ3) is 3.31. The average Bonchev–Trinajstić information content (AvgIpc) is 2.25. The molecule has 0 aromatic rings. The molecule has 0 N–H and O–H groups in total. The fourth-order valence-electron chi connectivity index (χ4n) is 3.04. The van der Waals surface area contributed by atoms with Gasteiger partial charge in [0.15, 0.2) is 0 Å². The molecule has 2 heteroatoms. The van der Waals surface area contributed by atoms with Gasteiger partial charge in [-0.05, 0) is 31.1 Å². The van der Waals surface area contributed by atoms with Gasteiger partial charge in [0.05, 0.1) is 0 Å². The molecule has 1 fully saturated rings. The summed E-state index contributed by atoms with van der Waals surface area (Å²) in [5.41, 5.74) is -0.100. The molecule has 2 nitrogen and oxygen atoms in total. The van der Waals surface area contributed by atoms with Crippen molar-refractivity contribution in [3.63, 3.8) is 0 Å². The first kappa shape index (κ1) is 13.7. The molecule has 0 spiro atoms. The molecule has 1 aliphatic rings. The minimum atomic E-state index is -0.100. The van der Waals surface area contributed by atoms with Gasteiger partial charge in [0.25, 0.3) is 0 Å². The maximum atomic E-state index is 11.3. The van der Waals surface area contributed by atoms with Crippen LogP contribution in [0.4, 0.5) is 0 Å². The summed E-state index contributed by atoms with van der Waals surface area (Å²) >= 11 is 0. The molecule has 2 atom stereocenters. The summed E-state index contributed by atoms with van der Waals surface area (Å²) in [5, 5.41) is 0. The van der Waals surface area contributed by atoms with Crippen molar-refractivity contribution in [2.75, 3.05) is 19.6 Å². The molecule has 1 saturated heterocycles. The minimum Gasteiger partial charge on any atom is -0.303 e. The van der Waals surface area contributed by atoms with E-state index in [2.05, 4.69) is 32.6 Å². The van der Waals surface area contributed by atoms with Gasteiger partial charge < -0.3 is 9.69 Å². The van der Waals surface area contributed by atoms with E-state index in [4.69, 9.17) is 0 Å². The second-order valence-corrected chi connectivity index (χ2v) is 5.83. The van der Waals surface area contributed by atoms with Crippen molar-refractivity contribution in [2.45, 2.75) is 47.0 Å². The van der Waals surface area contributed by atoms with Crippen LogP contribution in [-0.4, -0.2) is 30.8 Å². The summed E-state index contributed by atoms with van der Waals surface area (Å²) in [5.74, 6) is 1.56. The zero-order valence-electron chi connectivity index (χ0n) is 11.3. The molecule has 16 heavy (non-hydrogen) atoms. The standard InChI is InChI=1S/C14H27NO/c1-5-14(6-2,11-16)10-15-8-12(3)7-13(4)9-15/h11-13H,5-10H2,1-4H3. The second kappa shape index (κ2) is 5.81. The molecule has 1 rings (SSSR count). The quantitative estimate of drug-likeness (QED) is 0.670. The molecular formula is C14H27NO. The van der Waals surface area contributed by atoms with E-state index in [-0.39, 0.29) is 5.41 Å². The molecule has 2 unspecified atom stereocenters. The highest BCUT2D eigenvalue weighted by Gasteiger charge is 2.31. The number of carbonyl (C=O) groups excluding carboxylic acids is 1. The van der Waals surface area contributed by atoms with E-state index in [0.717, 1.165) is 31.2 Å². The molecule has 0 saturated carbocycles. The number of likely N-dealkylation sites (tertiary alicyclic amines) is 1. The van der Waals surface area contributed by atoms with Gasteiger partial charge in [0, 0.05) is 25.0 Å². The Morgan fingerprint density at radius 1 is 1.19 bits per heavy atom. The van der Waals surface area contributed by atoms with Crippen molar-refractivity contribution >= 4 is 6.29 Å². The Bertz CT molecular complexity index is 213. The summed E-state index contributed by atoms with van der Waals surface area (Å²) < 4.78 is 0. The van der Waals surface area contributed by atoms with E-state index in [0.29, 0.717) is 0 Å². The third-order valence-electron chi connectivity index (χ3n) is 4.14. The molecule has 0 bridgehead atoms. The lowest BCUT2D eigenvalue weighted by Gasteiger charge is -2.39. The van der Waals surface area contributed by atoms with Gasteiger partial charge >= 0.3 is 0 Å². The molecule has 0 radical (unpaired) electrons. The summed E-state index contributed by atoms with van der Waals surface area (Å²) in [6.07, 6.45) is 4.46. The molecule has 1 heterocycles. The Hall–Kier alpha value is -0.370. The topological polar surface area (TPSA) is 20.3 Å². The average molecular weight is 225 g/mol. The van der Waals surface area contributed by atoms with Crippen LogP contribution >= 0.6 is 0 Å². The highest BCUT2D eigenvalue weighted by atomic mass is 16.1. The number of hydrogen-bond acceptors (Lipinski definition) is 2. The van der Waals surface area contributed by atoms with Crippen LogP contribution in [0.3, 0.4) is 0 Å². The molecular weight excluding hydrogens is 198 g/mol. The second-order valence-electron chi connectivity index (χ2n) is 5.83. The lowest BCUT2D eigenvalue weighted by atomic mass is 9.82. The van der Waals surface area contributed by atoms with Crippen molar-refractivity contribution in [1.82, 2.24) is 4.90 Å². The monoisotopic (exact) mass is 225 g/mol. The van der Waals surface area contributed by atoms with Gasteiger partial charge in [-0.15, -0.1) is 0 Å². The Morgan fingerprint density at radius 2 is 1.69 bits per heavy atom. The molecule has 0 aromatic heterocycles. The van der Waals surface area contributed by atoms with Crippen molar-refractivity contribution in [2.24, 2.45) is 17.3 Å². The minimum absolute atomic E-state index is 0.100. The van der Waals surface area contributed by atoms with Crippen LogP contribution in [0.25, 0.3) is 0 Å². The van der Waals surface area contributed by atoms with E-state index >= 15 is 0 Å². The van der Waals surface area contributed by atoms with Crippen molar-refractivity contribution in [3.05, 3.63) is 0 Å². The third-order valence-corrected chi connectivity index (χ3v) is 4.14. The molecule has 94 valence electrons. The fraction of sp³-hybridized carbons (Fsp3) is 0.929. The zero-order valence-corrected chi connectivity index (χ0v) is 11.3. The van der Waals surface area contributed by atoms with Crippen LogP contribution in [0.1, 0.15) is 47.0 Å². The molecule has 0 amide bonds. The Kier molecular flexibility index (Phi) is 4.97. The smallest absolute Gasteiger partial charge is 0.127 e. The van der Waals surface area contributed by atoms with E-state index in [1.54, 1.807) is 0 Å². The molecule has 0 aromatic carbocycles. The van der Waals surface area contributed by atoms with Gasteiger partial charge in [0.2, 0.25) is 0 Å². The van der Waals surface area contributed by atoms with E-state index in [9.17, 15) is 4.79 Å². The molecule has 0 aliphatic carbocycles. The number of carbonyl (C=O) groups is 1. The fourth-order valence-corrected chi connectivity index (χ4v) is 3.04. The van der Waals surface area contributed by atoms with Gasteiger partial charge in [-0.2, -0.15) is 0 Å². The predicted molar refractivity (Wildman–Crippen MR) is 68.5 cm³/mol. The van der Waals surface area contributed by atoms with E-state index in [1.807, 2.05) is 0 Å². The summed E-state index contributed by atoms with van der Waals surface area (Å²) in [7, 11) is 0. The largest absolute Gasteiger partial charge is 0.303 e. The van der Waals surface area contributed by atoms with Crippen LogP contribution in [0.15, 0.2) is 0 Å². The Labute approximate surface area is 100 Å². The number of rotatable bonds is 5. The van der Waals surface area contributed by atoms with Crippen molar-refractivity contribution < 1.29 is 4.79 Å². The summed E-state index contributed by atoms with van der Waals surface area (Å²) in [6, 6.07) is 0. The number of hydrogen-bond donors (Lipinski definition) is 0. The van der Waals surface area contributed by atoms with Gasteiger partial charge in [-0.1, -0.05) is 27.7 Å². The SMILES string of the molecule is CCC(C=O)(CC)CN1CC(C)CC(C)C1. The van der Waals surface area contributed by atoms with Crippen LogP contribution in [0.2, 0.25) is 0 Å². The maximum Gasteiger partial charge on any atom is 0.127 e. The van der Waals surface area contributed by atoms with Crippen LogP contribution in [0.5, 0.6) is 0 Å². The van der Waals surface area contributed by atoms with Crippen molar-refractivity contribution in [3.8, 4) is 0 Å². The van der Waals surface area contributed by atoms with Crippen LogP contribution in [0, 0.1) is 17.3 Å². The predicted octanol–water partition coefficient (Wildman–Crippen LogP) is 2.97. The normalized spacial score (nSPS) is 28.0. The summed E-state index contributed by atoms with van der Waals surface area (Å²) in [6.45, 7) is 12.2. The van der Waals surface area contributed by atoms with Crippen molar-refractivity contribution in [1.29, 1.82) is 0 Å². The van der Waals surface area contributed by atoms with Crippen LogP contribution in [-0.2, 0) is 4.79 Å². The maximum absolute atomic E-state index is 11.3. The van der Waals surface area contributed by atoms with E-state index < -0.39 is 0 Å². The van der Waals surface area contributed by atoms with Crippen LogP contribution < -0.4 is 0 Å². The first-order valence-corrected chi connectivity index (χ1v) is 6.74. The van der Waals surface area contributed by atoms with Gasteiger partial charge in [-0.3, -0.25) is 0 Å². The highest BCUT2D eigenvalue weighted by Crippen LogP contribution is 2.28. The Balaban J connectivity index is 2.60. The van der Waals surface area contributed by atoms with E-state index in [1.165, 1.54) is 25.8 Å². The lowest BCUT2D eigenvalue weighted by Crippen LogP contribution is -2.45. The lowest BCUT2D eigenvalue weighted by molar-refractivity contribution is -0.118.